The Morgan fingerprint density at radius 3 is 2.26 bits per heavy atom. The van der Waals surface area contributed by atoms with E-state index in [1.807, 2.05) is 24.3 Å². The van der Waals surface area contributed by atoms with Gasteiger partial charge >= 0.3 is 6.18 Å². The van der Waals surface area contributed by atoms with Gasteiger partial charge in [0.2, 0.25) is 0 Å². The molecule has 38 heavy (non-hydrogen) atoms. The maximum absolute atomic E-state index is 14.2. The maximum atomic E-state index is 14.2. The summed E-state index contributed by atoms with van der Waals surface area (Å²) in [4.78, 5) is 3.97. The zero-order valence-electron chi connectivity index (χ0n) is 21.6. The first kappa shape index (κ1) is 26.5. The number of piperidine rings is 1. The average molecular weight is 545 g/mol. The zero-order valence-corrected chi connectivity index (χ0v) is 22.4. The highest BCUT2D eigenvalue weighted by Gasteiger charge is 2.37. The van der Waals surface area contributed by atoms with E-state index in [1.54, 1.807) is 18.2 Å². The van der Waals surface area contributed by atoms with Gasteiger partial charge in [-0.2, -0.15) is 13.2 Å². The molecule has 0 unspecified atom stereocenters. The van der Waals surface area contributed by atoms with Gasteiger partial charge in [-0.15, -0.1) is 0 Å². The highest BCUT2D eigenvalue weighted by Crippen LogP contribution is 2.45. The number of benzene rings is 2. The van der Waals surface area contributed by atoms with E-state index < -0.39 is 21.9 Å². The third kappa shape index (κ3) is 4.99. The number of hydrogen-bond acceptors (Lipinski definition) is 5. The second-order valence-electron chi connectivity index (χ2n) is 10.9. The lowest BCUT2D eigenvalue weighted by Gasteiger charge is -2.31. The molecule has 3 heterocycles. The topological polar surface area (TPSA) is 74.3 Å². The van der Waals surface area contributed by atoms with Crippen molar-refractivity contribution in [3.8, 4) is 0 Å². The lowest BCUT2D eigenvalue weighted by atomic mass is 9.87. The van der Waals surface area contributed by atoms with Gasteiger partial charge in [-0.25, -0.2) is 13.4 Å². The van der Waals surface area contributed by atoms with Crippen LogP contribution in [0.15, 0.2) is 59.5 Å². The summed E-state index contributed by atoms with van der Waals surface area (Å²) >= 11 is 0. The molecule has 2 aliphatic heterocycles. The van der Waals surface area contributed by atoms with Crippen LogP contribution in [0.4, 0.5) is 30.4 Å². The fraction of sp³-hybridized carbons (Fsp3) is 0.393. The normalized spacial score (nSPS) is 16.8. The molecule has 2 aromatic carbocycles. The number of nitrogens with zero attached hydrogens (tertiary/aromatic N) is 2. The first-order chi connectivity index (χ1) is 17.9. The number of hydrogen-bond donors (Lipinski definition) is 2. The largest absolute Gasteiger partial charge is 0.433 e. The van der Waals surface area contributed by atoms with E-state index in [0.717, 1.165) is 43.1 Å². The predicted octanol–water partition coefficient (Wildman–Crippen LogP) is 6.32. The van der Waals surface area contributed by atoms with Crippen LogP contribution in [-0.2, 0) is 28.2 Å². The van der Waals surface area contributed by atoms with E-state index in [1.165, 1.54) is 10.4 Å². The Bertz CT molecular complexity index is 1440. The summed E-state index contributed by atoms with van der Waals surface area (Å²) in [7, 11) is -4.08. The predicted molar refractivity (Wildman–Crippen MR) is 142 cm³/mol. The maximum Gasteiger partial charge on any atom is 0.433 e. The van der Waals surface area contributed by atoms with Gasteiger partial charge < -0.3 is 10.6 Å². The quantitative estimate of drug-likeness (QED) is 0.404. The van der Waals surface area contributed by atoms with Gasteiger partial charge in [0.15, 0.2) is 0 Å². The molecule has 202 valence electrons. The van der Waals surface area contributed by atoms with Crippen LogP contribution >= 0.6 is 0 Å². The van der Waals surface area contributed by atoms with Gasteiger partial charge in [0.25, 0.3) is 10.0 Å². The van der Waals surface area contributed by atoms with E-state index in [9.17, 15) is 21.6 Å². The number of aromatic nitrogens is 1. The molecule has 6 nitrogen and oxygen atoms in total. The number of sulfonamides is 1. The summed E-state index contributed by atoms with van der Waals surface area (Å²) in [6.45, 7) is 7.62. The second-order valence-corrected chi connectivity index (χ2v) is 12.7. The fourth-order valence-electron chi connectivity index (χ4n) is 5.11. The molecule has 1 aromatic heterocycles. The van der Waals surface area contributed by atoms with Crippen LogP contribution in [0.1, 0.15) is 61.9 Å². The first-order valence-corrected chi connectivity index (χ1v) is 14.1. The molecule has 0 bridgehead atoms. The number of fused-ring (bicyclic) bond motifs is 2. The Balaban J connectivity index is 1.68. The van der Waals surface area contributed by atoms with Crippen LogP contribution in [0, 0.1) is 0 Å². The van der Waals surface area contributed by atoms with Crippen molar-refractivity contribution in [3.05, 3.63) is 77.0 Å². The Morgan fingerprint density at radius 2 is 1.63 bits per heavy atom. The minimum atomic E-state index is -4.62. The molecule has 10 heteroatoms. The SMILES string of the molecule is CC(C)(C)c1ccc(S(=O)(=O)N2Cc3ccc(C(F)(F)F)nc3Nc3cccc(C4CCNCC4)c32)cc1. The molecule has 0 amide bonds. The van der Waals surface area contributed by atoms with E-state index in [0.29, 0.717) is 16.9 Å². The monoisotopic (exact) mass is 544 g/mol. The Labute approximate surface area is 221 Å². The van der Waals surface area contributed by atoms with Crippen LogP contribution in [0.3, 0.4) is 0 Å². The van der Waals surface area contributed by atoms with E-state index >= 15 is 0 Å². The molecule has 3 aromatic rings. The van der Waals surface area contributed by atoms with Crippen molar-refractivity contribution in [2.45, 2.75) is 62.6 Å². The fourth-order valence-corrected chi connectivity index (χ4v) is 6.59. The number of halogens is 3. The van der Waals surface area contributed by atoms with Crippen molar-refractivity contribution >= 4 is 27.2 Å². The molecule has 2 N–H and O–H groups in total. The van der Waals surface area contributed by atoms with Crippen LogP contribution in [-0.4, -0.2) is 26.5 Å². The third-order valence-corrected chi connectivity index (χ3v) is 9.00. The molecule has 0 atom stereocenters. The molecule has 0 spiro atoms. The molecule has 0 saturated carbocycles. The Morgan fingerprint density at radius 1 is 0.947 bits per heavy atom. The minimum absolute atomic E-state index is 0.00400. The van der Waals surface area contributed by atoms with Crippen molar-refractivity contribution in [1.82, 2.24) is 10.3 Å². The van der Waals surface area contributed by atoms with Gasteiger partial charge in [-0.05, 0) is 72.7 Å². The van der Waals surface area contributed by atoms with Gasteiger partial charge in [0, 0.05) is 5.56 Å². The minimum Gasteiger partial charge on any atom is -0.338 e. The van der Waals surface area contributed by atoms with Crippen molar-refractivity contribution in [2.75, 3.05) is 22.7 Å². The number of anilines is 3. The summed E-state index contributed by atoms with van der Waals surface area (Å²) in [6.07, 6.45) is -2.97. The summed E-state index contributed by atoms with van der Waals surface area (Å²) in [5, 5.41) is 6.38. The van der Waals surface area contributed by atoms with Crippen molar-refractivity contribution < 1.29 is 21.6 Å². The summed E-state index contributed by atoms with van der Waals surface area (Å²) < 4.78 is 70.2. The molecule has 1 saturated heterocycles. The lowest BCUT2D eigenvalue weighted by Crippen LogP contribution is -2.33. The molecule has 0 aliphatic carbocycles. The summed E-state index contributed by atoms with van der Waals surface area (Å²) in [5.74, 6) is 0.109. The number of alkyl halides is 3. The van der Waals surface area contributed by atoms with Crippen molar-refractivity contribution in [2.24, 2.45) is 0 Å². The van der Waals surface area contributed by atoms with Crippen LogP contribution in [0.2, 0.25) is 0 Å². The number of pyridine rings is 1. The number of nitrogens with one attached hydrogen (secondary N) is 2. The molecule has 1 fully saturated rings. The van der Waals surface area contributed by atoms with Gasteiger partial charge in [0.1, 0.15) is 11.5 Å². The molecular formula is C28H31F3N4O2S. The lowest BCUT2D eigenvalue weighted by molar-refractivity contribution is -0.141. The van der Waals surface area contributed by atoms with Crippen LogP contribution in [0.25, 0.3) is 0 Å². The highest BCUT2D eigenvalue weighted by molar-refractivity contribution is 7.92. The molecule has 5 rings (SSSR count). The number of rotatable bonds is 3. The molecule has 2 aliphatic rings. The molecule has 0 radical (unpaired) electrons. The Hall–Kier alpha value is -3.11. The molecular weight excluding hydrogens is 513 g/mol. The van der Waals surface area contributed by atoms with E-state index in [4.69, 9.17) is 0 Å². The van der Waals surface area contributed by atoms with Gasteiger partial charge in [-0.3, -0.25) is 4.31 Å². The second kappa shape index (κ2) is 9.57. The van der Waals surface area contributed by atoms with Crippen molar-refractivity contribution in [3.63, 3.8) is 0 Å². The third-order valence-electron chi connectivity index (χ3n) is 7.24. The average Bonchev–Trinajstić information content (AvgIpc) is 3.05. The van der Waals surface area contributed by atoms with Crippen LogP contribution < -0.4 is 14.9 Å². The standard InChI is InChI=1S/C28H31F3N4O2S/c1-27(2,3)20-8-10-21(11-9-20)38(36,37)35-17-19-7-12-24(28(29,30)31)34-26(19)33-23-6-4-5-22(25(23)35)18-13-15-32-16-14-18/h4-12,18,32H,13-17H2,1-3H3,(H,33,34). The highest BCUT2D eigenvalue weighted by atomic mass is 32.2. The smallest absolute Gasteiger partial charge is 0.338 e. The summed E-state index contributed by atoms with van der Waals surface area (Å²) in [6, 6.07) is 14.5. The van der Waals surface area contributed by atoms with Crippen LogP contribution in [0.5, 0.6) is 0 Å². The van der Waals surface area contributed by atoms with E-state index in [2.05, 4.69) is 36.4 Å². The first-order valence-electron chi connectivity index (χ1n) is 12.7. The zero-order chi connectivity index (χ0) is 27.3. The summed E-state index contributed by atoms with van der Waals surface area (Å²) in [5.41, 5.74) is 1.92. The number of para-hydroxylation sites is 1. The van der Waals surface area contributed by atoms with E-state index in [-0.39, 0.29) is 28.6 Å². The Kier molecular flexibility index (Phi) is 6.67. The van der Waals surface area contributed by atoms with Gasteiger partial charge in [-0.1, -0.05) is 51.1 Å². The van der Waals surface area contributed by atoms with Gasteiger partial charge in [0.05, 0.1) is 22.8 Å². The van der Waals surface area contributed by atoms with Crippen molar-refractivity contribution in [1.29, 1.82) is 0 Å².